The number of nitrogen functional groups attached to an aromatic ring is 1. The van der Waals surface area contributed by atoms with Gasteiger partial charge < -0.3 is 60.5 Å². The average molecular weight is 977 g/mol. The van der Waals surface area contributed by atoms with Crippen LogP contribution in [0.2, 0.25) is 0 Å². The molecule has 2 unspecified atom stereocenters. The van der Waals surface area contributed by atoms with Gasteiger partial charge in [0, 0.05) is 50.6 Å². The van der Waals surface area contributed by atoms with Crippen LogP contribution in [0, 0.1) is 0 Å². The first-order chi connectivity index (χ1) is 34.6. The van der Waals surface area contributed by atoms with Gasteiger partial charge in [-0.1, -0.05) is 24.3 Å². The Morgan fingerprint density at radius 1 is 0.873 bits per heavy atom. The van der Waals surface area contributed by atoms with E-state index in [2.05, 4.69) is 20.6 Å². The largest absolute Gasteiger partial charge is 0.457 e. The molecule has 3 aromatic carbocycles. The Kier molecular flexibility index (Phi) is 18.4. The second-order valence-electron chi connectivity index (χ2n) is 16.5. The van der Waals surface area contributed by atoms with Gasteiger partial charge in [0.25, 0.3) is 17.7 Å². The van der Waals surface area contributed by atoms with Crippen molar-refractivity contribution in [2.45, 2.75) is 37.8 Å². The molecular weight excluding hydrogens is 917 g/mol. The molecule has 1 saturated heterocycles. The number of carbonyl (C=O) groups is 5. The minimum Gasteiger partial charge on any atom is -0.457 e. The first-order valence-electron chi connectivity index (χ1n) is 23.4. The first-order valence-corrected chi connectivity index (χ1v) is 23.4. The number of hydrogen-bond donors (Lipinski definition) is 5. The molecule has 2 aliphatic rings. The molecule has 0 saturated carbocycles. The molecule has 22 nitrogen and oxygen atoms in total. The normalized spacial score (nSPS) is 15.2. The summed E-state index contributed by atoms with van der Waals surface area (Å²) >= 11 is 0. The lowest BCUT2D eigenvalue weighted by molar-refractivity contribution is -0.129. The fraction of sp³-hybridized carbons (Fsp3) is 0.388. The Bertz CT molecular complexity index is 2650. The zero-order chi connectivity index (χ0) is 50.1. The minimum atomic E-state index is -1.09. The standard InChI is InChI=1S/C49H60N12O10/c1-53-46(63)40(13-7-21-62)60-47(64)37-11-5-12-39(41(37)49(60)66)54-18-22-67-24-26-69-28-29-70-27-25-68-23-20-59(52)31-38(50)48(65)58-19-6-8-34(30-58)61-45-42(44(51)55-32-56-45)43(57-61)33-14-16-36(17-15-33)71-35-9-3-2-4-10-35/h2-5,9-12,14-17,21,31-32,34,40,54H,6-8,13,18-20,22-30,50,52H2,1H3,(H,53,63)(H2,51,55,56)/b38-31-. The molecule has 5 aromatic rings. The zero-order valence-electron chi connectivity index (χ0n) is 39.6. The number of hydrogen-bond acceptors (Lipinski definition) is 18. The predicted octanol–water partition coefficient (Wildman–Crippen LogP) is 2.88. The number of carbonyl (C=O) groups excluding carboxylic acids is 5. The van der Waals surface area contributed by atoms with Gasteiger partial charge in [-0.2, -0.15) is 5.10 Å². The second-order valence-corrected chi connectivity index (χ2v) is 16.5. The Balaban J connectivity index is 0.755. The molecule has 0 bridgehead atoms. The fourth-order valence-electron chi connectivity index (χ4n) is 8.27. The number of benzene rings is 3. The van der Waals surface area contributed by atoms with Gasteiger partial charge in [-0.3, -0.25) is 24.1 Å². The summed E-state index contributed by atoms with van der Waals surface area (Å²) in [6.07, 6.45) is 5.00. The van der Waals surface area contributed by atoms with Crippen LogP contribution in [0.25, 0.3) is 22.3 Å². The topological polar surface area (TPSA) is 287 Å². The van der Waals surface area contributed by atoms with E-state index < -0.39 is 23.8 Å². The fourth-order valence-corrected chi connectivity index (χ4v) is 8.27. The number of amides is 4. The SMILES string of the molecule is CNC(=O)C(CCC=O)N1C(=O)c2cccc(NCCOCCOCCOCCOCCN(N)/C=C(\N)C(=O)N3CCCC(n4nc(-c5ccc(Oc6ccccc6)cc5)c5c(N)ncnc54)C3)c2C1=O. The number of aromatic nitrogens is 4. The van der Waals surface area contributed by atoms with Crippen LogP contribution in [0.5, 0.6) is 11.5 Å². The molecule has 71 heavy (non-hydrogen) atoms. The highest BCUT2D eigenvalue weighted by atomic mass is 16.6. The third-order valence-electron chi connectivity index (χ3n) is 11.7. The molecule has 0 radical (unpaired) electrons. The Hall–Kier alpha value is -7.50. The van der Waals surface area contributed by atoms with Crippen LogP contribution >= 0.6 is 0 Å². The molecule has 376 valence electrons. The number of anilines is 2. The van der Waals surface area contributed by atoms with E-state index in [1.165, 1.54) is 30.7 Å². The predicted molar refractivity (Wildman–Crippen MR) is 262 cm³/mol. The van der Waals surface area contributed by atoms with Crippen molar-refractivity contribution in [2.24, 2.45) is 11.6 Å². The van der Waals surface area contributed by atoms with Gasteiger partial charge in [-0.05, 0) is 67.8 Å². The average Bonchev–Trinajstić information content (AvgIpc) is 3.90. The van der Waals surface area contributed by atoms with Gasteiger partial charge in [0.05, 0.1) is 82.0 Å². The molecule has 1 fully saturated rings. The molecule has 4 heterocycles. The van der Waals surface area contributed by atoms with Crippen LogP contribution in [0.4, 0.5) is 11.5 Å². The number of likely N-dealkylation sites (tertiary alicyclic amines) is 1. The summed E-state index contributed by atoms with van der Waals surface area (Å²) in [6.45, 7) is 4.10. The van der Waals surface area contributed by atoms with E-state index in [4.69, 9.17) is 46.1 Å². The molecule has 8 N–H and O–H groups in total. The summed E-state index contributed by atoms with van der Waals surface area (Å²) in [5, 5.41) is 12.5. The second kappa shape index (κ2) is 25.4. The molecule has 0 spiro atoms. The van der Waals surface area contributed by atoms with Gasteiger partial charge in [0.15, 0.2) is 5.65 Å². The number of nitrogens with one attached hydrogen (secondary N) is 2. The number of nitrogens with two attached hydrogens (primary N) is 3. The third-order valence-corrected chi connectivity index (χ3v) is 11.7. The lowest BCUT2D eigenvalue weighted by Gasteiger charge is -2.33. The maximum Gasteiger partial charge on any atom is 0.271 e. The monoisotopic (exact) mass is 976 g/mol. The number of fused-ring (bicyclic) bond motifs is 2. The summed E-state index contributed by atoms with van der Waals surface area (Å²) in [6, 6.07) is 20.7. The molecule has 2 atom stereocenters. The molecule has 0 aliphatic carbocycles. The van der Waals surface area contributed by atoms with Crippen molar-refractivity contribution in [2.75, 3.05) is 97.1 Å². The molecule has 2 aromatic heterocycles. The number of ether oxygens (including phenoxy) is 5. The van der Waals surface area contributed by atoms with Gasteiger partial charge in [-0.25, -0.2) is 20.5 Å². The van der Waals surface area contributed by atoms with Gasteiger partial charge in [0.2, 0.25) is 5.91 Å². The summed E-state index contributed by atoms with van der Waals surface area (Å²) in [7, 11) is 1.41. The summed E-state index contributed by atoms with van der Waals surface area (Å²) in [4.78, 5) is 74.9. The minimum absolute atomic E-state index is 0.00373. The highest BCUT2D eigenvalue weighted by Crippen LogP contribution is 2.36. The van der Waals surface area contributed by atoms with Gasteiger partial charge in [-0.15, -0.1) is 0 Å². The quantitative estimate of drug-likeness (QED) is 0.0126. The number of nitrogens with zero attached hydrogens (tertiary/aromatic N) is 7. The Morgan fingerprint density at radius 3 is 2.27 bits per heavy atom. The first kappa shape index (κ1) is 51.4. The maximum atomic E-state index is 13.5. The van der Waals surface area contributed by atoms with E-state index in [9.17, 15) is 24.0 Å². The van der Waals surface area contributed by atoms with E-state index in [0.29, 0.717) is 106 Å². The maximum absolute atomic E-state index is 13.5. The molecule has 22 heteroatoms. The van der Waals surface area contributed by atoms with Crippen LogP contribution in [0.1, 0.15) is 52.4 Å². The lowest BCUT2D eigenvalue weighted by Crippen LogP contribution is -2.48. The zero-order valence-corrected chi connectivity index (χ0v) is 39.6. The summed E-state index contributed by atoms with van der Waals surface area (Å²) < 4.78 is 30.2. The van der Waals surface area contributed by atoms with E-state index in [1.54, 1.807) is 17.0 Å². The van der Waals surface area contributed by atoms with Crippen molar-refractivity contribution in [1.82, 2.24) is 39.9 Å². The highest BCUT2D eigenvalue weighted by Gasteiger charge is 2.43. The lowest BCUT2D eigenvalue weighted by atomic mass is 10.1. The van der Waals surface area contributed by atoms with Crippen LogP contribution in [0.15, 0.2) is 91.0 Å². The number of aldehydes is 1. The third kappa shape index (κ3) is 13.0. The van der Waals surface area contributed by atoms with Crippen LogP contribution in [-0.2, 0) is 33.3 Å². The Labute approximate surface area is 410 Å². The van der Waals surface area contributed by atoms with Crippen molar-refractivity contribution in [3.05, 3.63) is 102 Å². The van der Waals surface area contributed by atoms with Crippen molar-refractivity contribution >= 4 is 52.5 Å². The van der Waals surface area contributed by atoms with Crippen LogP contribution < -0.4 is 32.7 Å². The number of hydrazine groups is 1. The molecule has 7 rings (SSSR count). The summed E-state index contributed by atoms with van der Waals surface area (Å²) in [5.41, 5.74) is 15.5. The van der Waals surface area contributed by atoms with Gasteiger partial charge in [0.1, 0.15) is 47.4 Å². The number of likely N-dealkylation sites (N-methyl/N-ethyl adjacent to an activating group) is 1. The van der Waals surface area contributed by atoms with E-state index in [-0.39, 0.29) is 54.8 Å². The van der Waals surface area contributed by atoms with Crippen LogP contribution in [-0.4, -0.2) is 157 Å². The molecular formula is C49H60N12O10. The number of rotatable bonds is 27. The Morgan fingerprint density at radius 2 is 1.56 bits per heavy atom. The highest BCUT2D eigenvalue weighted by molar-refractivity contribution is 6.25. The molecule has 4 amide bonds. The van der Waals surface area contributed by atoms with E-state index in [0.717, 1.165) is 29.1 Å². The van der Waals surface area contributed by atoms with Crippen molar-refractivity contribution < 1.29 is 47.7 Å². The van der Waals surface area contributed by atoms with E-state index in [1.807, 2.05) is 59.3 Å². The van der Waals surface area contributed by atoms with Crippen molar-refractivity contribution in [3.8, 4) is 22.8 Å². The smallest absolute Gasteiger partial charge is 0.271 e. The molecule has 2 aliphatic heterocycles. The van der Waals surface area contributed by atoms with Crippen molar-refractivity contribution in [1.29, 1.82) is 0 Å². The van der Waals surface area contributed by atoms with Crippen molar-refractivity contribution in [3.63, 3.8) is 0 Å². The number of piperidine rings is 1. The number of imide groups is 1. The number of para-hydroxylation sites is 1. The van der Waals surface area contributed by atoms with Crippen LogP contribution in [0.3, 0.4) is 0 Å². The van der Waals surface area contributed by atoms with E-state index >= 15 is 0 Å². The summed E-state index contributed by atoms with van der Waals surface area (Å²) in [5.74, 6) is 5.82. The van der Waals surface area contributed by atoms with Gasteiger partial charge >= 0.3 is 0 Å².